The van der Waals surface area contributed by atoms with E-state index in [1.54, 1.807) is 0 Å². The Balaban J connectivity index is 0.000000120. The van der Waals surface area contributed by atoms with E-state index in [1.165, 1.54) is 106 Å². The van der Waals surface area contributed by atoms with Gasteiger partial charge >= 0.3 is 0 Å². The number of nitrogens with zero attached hydrogens (tertiary/aromatic N) is 12. The molecule has 15 rings (SSSR count). The van der Waals surface area contributed by atoms with Gasteiger partial charge in [-0.05, 0) is 127 Å². The third-order valence-electron chi connectivity index (χ3n) is 15.8. The van der Waals surface area contributed by atoms with Gasteiger partial charge in [-0.1, -0.05) is 49.9 Å². The van der Waals surface area contributed by atoms with Crippen molar-refractivity contribution in [1.82, 2.24) is 78.8 Å². The second-order valence-corrected chi connectivity index (χ2v) is 22.1. The fraction of sp³-hybridized carbons (Fsp3) is 0.475. The number of likely N-dealkylation sites (N-methyl/N-ethyl adjacent to an activating group) is 7. The predicted molar refractivity (Wildman–Crippen MR) is 315 cm³/mol. The van der Waals surface area contributed by atoms with Crippen molar-refractivity contribution in [3.05, 3.63) is 182 Å². The average Bonchev–Trinajstić information content (AvgIpc) is 4.32. The van der Waals surface area contributed by atoms with Crippen molar-refractivity contribution < 1.29 is 0 Å². The van der Waals surface area contributed by atoms with Crippen LogP contribution in [0.4, 0.5) is 0 Å². The largest absolute Gasteiger partial charge is 0.357 e. The molecule has 17 heteroatoms. The Labute approximate surface area is 463 Å². The SMILES string of the molecule is C.CN1CCc2[nH]ncc2C1.CN1CCc2c([nH][nH]c2=O)C1.CN1CCc2c([nH]c3ccccc23)C1.CN1CCc2ccccc2C1.CN1CCc2cnccc2C1.CN1CCn2cccc2C1.CN1CCn2cncc2C1. The molecule has 0 radical (unpaired) electrons. The normalized spacial score (nSPS) is 18.0. The molecule has 0 bridgehead atoms. The molecule has 0 unspecified atom stereocenters. The van der Waals surface area contributed by atoms with Gasteiger partial charge in [0.15, 0.2) is 0 Å². The highest BCUT2D eigenvalue weighted by Gasteiger charge is 2.20. The lowest BCUT2D eigenvalue weighted by atomic mass is 10.0. The van der Waals surface area contributed by atoms with E-state index in [0.29, 0.717) is 0 Å². The van der Waals surface area contributed by atoms with Crippen LogP contribution in [-0.4, -0.2) is 174 Å². The van der Waals surface area contributed by atoms with E-state index in [4.69, 9.17) is 0 Å². The van der Waals surface area contributed by atoms with Gasteiger partial charge in [0.1, 0.15) is 0 Å². The van der Waals surface area contributed by atoms with Gasteiger partial charge in [-0.25, -0.2) is 4.98 Å². The van der Waals surface area contributed by atoms with Gasteiger partial charge in [0, 0.05) is 175 Å². The summed E-state index contributed by atoms with van der Waals surface area (Å²) in [7, 11) is 15.0. The fourth-order valence-electron chi connectivity index (χ4n) is 11.1. The number of nitrogens with one attached hydrogen (secondary N) is 4. The number of benzene rings is 2. The quantitative estimate of drug-likeness (QED) is 0.126. The summed E-state index contributed by atoms with van der Waals surface area (Å²) in [6.07, 6.45) is 17.3. The van der Waals surface area contributed by atoms with Crippen LogP contribution in [0.15, 0.2) is 109 Å². The van der Waals surface area contributed by atoms with E-state index in [2.05, 4.69) is 194 Å². The summed E-state index contributed by atoms with van der Waals surface area (Å²) >= 11 is 0. The minimum absolute atomic E-state index is 0. The average molecular weight is 1060 g/mol. The summed E-state index contributed by atoms with van der Waals surface area (Å²) in [5, 5.41) is 13.9. The molecule has 7 aliphatic rings. The van der Waals surface area contributed by atoms with Gasteiger partial charge in [0.05, 0.1) is 23.9 Å². The van der Waals surface area contributed by atoms with Crippen molar-refractivity contribution >= 4 is 10.9 Å². The smallest absolute Gasteiger partial charge is 0.267 e. The summed E-state index contributed by atoms with van der Waals surface area (Å²) in [6, 6.07) is 23.7. The fourth-order valence-corrected chi connectivity index (χ4v) is 11.1. The summed E-state index contributed by atoms with van der Waals surface area (Å²) in [4.78, 5) is 38.9. The Morgan fingerprint density at radius 2 is 1.03 bits per heavy atom. The van der Waals surface area contributed by atoms with Gasteiger partial charge in [-0.3, -0.25) is 29.8 Å². The molecule has 0 saturated carbocycles. The van der Waals surface area contributed by atoms with Crippen LogP contribution in [0, 0.1) is 0 Å². The second kappa shape index (κ2) is 27.9. The molecule has 0 fully saturated rings. The number of aromatic nitrogens is 9. The number of fused-ring (bicyclic) bond motifs is 9. The monoisotopic (exact) mass is 1060 g/mol. The molecular formula is C61H88N16O. The first-order chi connectivity index (χ1) is 37.4. The van der Waals surface area contributed by atoms with E-state index in [1.807, 2.05) is 38.2 Å². The standard InChI is InChI=1S/C12H14N2.C10H13N.C9H12N2.C8H12N2.C7H11N3O.2C7H11N3.CH4/c1-14-7-6-10-9-4-2-3-5-11(9)13-12(10)8-14;1-11-7-6-9-4-2-3-5-10(9)8-11;1-11-5-3-8-6-10-4-2-9(8)7-11;1-9-5-6-10-4-2-3-8(10)7-9;1-10-3-2-5-6(4-10)8-9-7(5)11;1-9-2-3-10-6-8-4-7(10)5-9;1-10-3-2-7-6(5-10)4-8-9-7;/h2-5,13H,6-8H2,1H3;2-5H,6-8H2,1H3;2,4,6H,3,5,7H2,1H3;2-4H,5-7H2,1H3;2-4H2,1H3,(H2,8,9,11);4,6H,2-3,5H2,1H3;4H,2-3,5H2,1H3,(H,8,9);1H4. The van der Waals surface area contributed by atoms with E-state index in [9.17, 15) is 4.79 Å². The highest BCUT2D eigenvalue weighted by Crippen LogP contribution is 2.27. The molecule has 78 heavy (non-hydrogen) atoms. The summed E-state index contributed by atoms with van der Waals surface area (Å²) in [5.74, 6) is 0. The van der Waals surface area contributed by atoms with Gasteiger partial charge < -0.3 is 43.7 Å². The van der Waals surface area contributed by atoms with E-state index < -0.39 is 0 Å². The van der Waals surface area contributed by atoms with Crippen molar-refractivity contribution in [3.8, 4) is 0 Å². The lowest BCUT2D eigenvalue weighted by Crippen LogP contribution is -2.29. The van der Waals surface area contributed by atoms with Crippen molar-refractivity contribution in [1.29, 1.82) is 0 Å². The first kappa shape index (κ1) is 57.7. The summed E-state index contributed by atoms with van der Waals surface area (Å²) in [6.45, 7) is 17.5. The van der Waals surface area contributed by atoms with Crippen molar-refractivity contribution in [3.63, 3.8) is 0 Å². The number of rotatable bonds is 0. The van der Waals surface area contributed by atoms with Gasteiger partial charge in [0.25, 0.3) is 5.56 Å². The maximum absolute atomic E-state index is 11.1. The molecule has 0 aliphatic carbocycles. The van der Waals surface area contributed by atoms with Crippen LogP contribution in [0.5, 0.6) is 0 Å². The number of hydrogen-bond donors (Lipinski definition) is 4. The van der Waals surface area contributed by atoms with Crippen molar-refractivity contribution in [2.75, 3.05) is 95.1 Å². The number of imidazole rings is 1. The molecule has 7 aliphatic heterocycles. The van der Waals surface area contributed by atoms with Crippen LogP contribution in [0.1, 0.15) is 74.8 Å². The van der Waals surface area contributed by atoms with E-state index in [-0.39, 0.29) is 13.0 Å². The highest BCUT2D eigenvalue weighted by atomic mass is 16.1. The predicted octanol–water partition coefficient (Wildman–Crippen LogP) is 6.89. The number of hydrogen-bond acceptors (Lipinski definition) is 11. The zero-order valence-electron chi connectivity index (χ0n) is 46.9. The Morgan fingerprint density at radius 1 is 0.436 bits per heavy atom. The van der Waals surface area contributed by atoms with Crippen LogP contribution in [0.3, 0.4) is 0 Å². The molecule has 418 valence electrons. The van der Waals surface area contributed by atoms with Gasteiger partial charge in [-0.2, -0.15) is 5.10 Å². The number of pyridine rings is 1. The minimum Gasteiger partial charge on any atom is -0.357 e. The van der Waals surface area contributed by atoms with Crippen LogP contribution < -0.4 is 5.56 Å². The Hall–Kier alpha value is -6.44. The molecule has 13 heterocycles. The van der Waals surface area contributed by atoms with Crippen LogP contribution >= 0.6 is 0 Å². The third kappa shape index (κ3) is 15.6. The topological polar surface area (TPSA) is 151 Å². The van der Waals surface area contributed by atoms with Gasteiger partial charge in [0.2, 0.25) is 0 Å². The number of H-pyrrole nitrogens is 4. The van der Waals surface area contributed by atoms with E-state index in [0.717, 1.165) is 109 Å². The van der Waals surface area contributed by atoms with Crippen molar-refractivity contribution in [2.24, 2.45) is 0 Å². The lowest BCUT2D eigenvalue weighted by molar-refractivity contribution is 0.270. The first-order valence-electron chi connectivity index (χ1n) is 27.7. The lowest BCUT2D eigenvalue weighted by Gasteiger charge is -2.24. The molecule has 17 nitrogen and oxygen atoms in total. The Bertz CT molecular complexity index is 2960. The molecule has 0 amide bonds. The summed E-state index contributed by atoms with van der Waals surface area (Å²) < 4.78 is 4.53. The second-order valence-electron chi connectivity index (χ2n) is 22.1. The molecular weight excluding hydrogens is 973 g/mol. The molecule has 2 aromatic carbocycles. The molecule has 0 saturated heterocycles. The van der Waals surface area contributed by atoms with Crippen molar-refractivity contribution in [2.45, 2.75) is 98.4 Å². The zero-order valence-corrected chi connectivity index (χ0v) is 46.9. The zero-order chi connectivity index (χ0) is 53.7. The highest BCUT2D eigenvalue weighted by molar-refractivity contribution is 5.84. The molecule has 8 aromatic rings. The Morgan fingerprint density at radius 3 is 1.79 bits per heavy atom. The molecule has 0 atom stereocenters. The first-order valence-corrected chi connectivity index (χ1v) is 27.7. The van der Waals surface area contributed by atoms with Crippen LogP contribution in [0.2, 0.25) is 0 Å². The van der Waals surface area contributed by atoms with Crippen LogP contribution in [-0.2, 0) is 91.0 Å². The Kier molecular flexibility index (Phi) is 20.7. The van der Waals surface area contributed by atoms with Gasteiger partial charge in [-0.15, -0.1) is 0 Å². The molecule has 0 spiro atoms. The summed E-state index contributed by atoms with van der Waals surface area (Å²) in [5.41, 5.74) is 17.6. The minimum atomic E-state index is 0. The maximum Gasteiger partial charge on any atom is 0.267 e. The number of aromatic amines is 4. The third-order valence-corrected chi connectivity index (χ3v) is 15.8. The van der Waals surface area contributed by atoms with E-state index >= 15 is 0 Å². The van der Waals surface area contributed by atoms with Crippen LogP contribution in [0.25, 0.3) is 10.9 Å². The number of para-hydroxylation sites is 1. The molecule has 6 aromatic heterocycles. The molecule has 4 N–H and O–H groups in total. The maximum atomic E-state index is 11.1.